The van der Waals surface area contributed by atoms with Crippen LogP contribution in [0.1, 0.15) is 46.5 Å². The maximum Gasteiger partial charge on any atom is 0.410 e. The van der Waals surface area contributed by atoms with Gasteiger partial charge in [0.25, 0.3) is 0 Å². The highest BCUT2D eigenvalue weighted by Crippen LogP contribution is 2.41. The first-order valence-corrected chi connectivity index (χ1v) is 7.13. The van der Waals surface area contributed by atoms with Crippen LogP contribution < -0.4 is 0 Å². The number of carbonyl (C=O) groups is 1. The van der Waals surface area contributed by atoms with Gasteiger partial charge in [-0.05, 0) is 46.5 Å². The minimum Gasteiger partial charge on any atom is -0.444 e. The minimum atomic E-state index is -0.570. The van der Waals surface area contributed by atoms with Crippen molar-refractivity contribution in [3.05, 3.63) is 11.4 Å². The van der Waals surface area contributed by atoms with Crippen molar-refractivity contribution in [2.45, 2.75) is 70.2 Å². The standard InChI is InChI=1S/C15H21N3O2/c1-15(2,3)20-14(19)18-11-5-6-12(18)8-10(7-11)13(9-16)17-4/h10-13H,5-8H2,1-3H3/t10?,11-,12+,13?. The van der Waals surface area contributed by atoms with E-state index in [2.05, 4.69) is 10.9 Å². The predicted octanol–water partition coefficient (Wildman–Crippen LogP) is 2.98. The smallest absolute Gasteiger partial charge is 0.410 e. The van der Waals surface area contributed by atoms with Gasteiger partial charge in [0.1, 0.15) is 5.60 Å². The molecule has 0 aromatic carbocycles. The number of carbonyl (C=O) groups excluding carboxylic acids is 1. The molecule has 108 valence electrons. The van der Waals surface area contributed by atoms with Crippen LogP contribution in [-0.2, 0) is 4.74 Å². The second kappa shape index (κ2) is 5.32. The molecule has 4 atom stereocenters. The van der Waals surface area contributed by atoms with Crippen molar-refractivity contribution in [2.24, 2.45) is 5.92 Å². The SMILES string of the molecule is [C-]#[N+]C(C#N)C1C[C@H]2CC[C@@H](C1)N2C(=O)OC(C)(C)C. The Balaban J connectivity index is 2.06. The summed E-state index contributed by atoms with van der Waals surface area (Å²) in [6, 6.07) is 1.77. The molecule has 20 heavy (non-hydrogen) atoms. The number of amides is 1. The Morgan fingerprint density at radius 3 is 2.35 bits per heavy atom. The molecule has 2 bridgehead atoms. The minimum absolute atomic E-state index is 0.0914. The summed E-state index contributed by atoms with van der Waals surface area (Å²) < 4.78 is 5.47. The number of fused-ring (bicyclic) bond motifs is 2. The fraction of sp³-hybridized carbons (Fsp3) is 0.800. The van der Waals surface area contributed by atoms with Crippen LogP contribution in [0.2, 0.25) is 0 Å². The third kappa shape index (κ3) is 2.88. The Bertz CT molecular complexity index is 441. The average molecular weight is 275 g/mol. The molecule has 2 aliphatic heterocycles. The number of nitriles is 1. The quantitative estimate of drug-likeness (QED) is 0.691. The number of ether oxygens (including phenoxy) is 1. The zero-order chi connectivity index (χ0) is 14.9. The molecule has 1 amide bonds. The number of hydrogen-bond acceptors (Lipinski definition) is 3. The van der Waals surface area contributed by atoms with E-state index < -0.39 is 11.6 Å². The lowest BCUT2D eigenvalue weighted by Gasteiger charge is -2.38. The highest BCUT2D eigenvalue weighted by Gasteiger charge is 2.48. The van der Waals surface area contributed by atoms with Crippen LogP contribution in [0.25, 0.3) is 4.85 Å². The number of piperidine rings is 1. The first-order valence-electron chi connectivity index (χ1n) is 7.13. The first kappa shape index (κ1) is 14.7. The van der Waals surface area contributed by atoms with Gasteiger partial charge in [0.05, 0.1) is 5.92 Å². The molecule has 0 saturated carbocycles. The van der Waals surface area contributed by atoms with Crippen molar-refractivity contribution >= 4 is 6.09 Å². The average Bonchev–Trinajstić information content (AvgIpc) is 2.61. The normalized spacial score (nSPS) is 30.2. The van der Waals surface area contributed by atoms with Crippen molar-refractivity contribution in [1.29, 1.82) is 5.26 Å². The molecule has 2 unspecified atom stereocenters. The van der Waals surface area contributed by atoms with Crippen molar-refractivity contribution in [1.82, 2.24) is 4.90 Å². The zero-order valence-electron chi connectivity index (χ0n) is 12.3. The fourth-order valence-corrected chi connectivity index (χ4v) is 3.33. The van der Waals surface area contributed by atoms with Crippen LogP contribution in [0, 0.1) is 23.8 Å². The highest BCUT2D eigenvalue weighted by molar-refractivity contribution is 5.69. The van der Waals surface area contributed by atoms with Crippen molar-refractivity contribution in [3.63, 3.8) is 0 Å². The van der Waals surface area contributed by atoms with Crippen LogP contribution in [0.4, 0.5) is 4.79 Å². The molecule has 2 fully saturated rings. The Morgan fingerprint density at radius 1 is 1.40 bits per heavy atom. The van der Waals surface area contributed by atoms with E-state index in [9.17, 15) is 4.79 Å². The Hall–Kier alpha value is -1.75. The molecule has 0 N–H and O–H groups in total. The maximum atomic E-state index is 12.3. The van der Waals surface area contributed by atoms with Crippen LogP contribution in [0.3, 0.4) is 0 Å². The van der Waals surface area contributed by atoms with Crippen LogP contribution >= 0.6 is 0 Å². The van der Waals surface area contributed by atoms with Gasteiger partial charge in [-0.1, -0.05) is 0 Å². The van der Waals surface area contributed by atoms with E-state index in [1.165, 1.54) is 0 Å². The van der Waals surface area contributed by atoms with Gasteiger partial charge in [-0.25, -0.2) is 11.4 Å². The lowest BCUT2D eigenvalue weighted by Crippen LogP contribution is -2.49. The van der Waals surface area contributed by atoms with E-state index in [0.29, 0.717) is 0 Å². The Kier molecular flexibility index (Phi) is 3.90. The van der Waals surface area contributed by atoms with Gasteiger partial charge in [0.15, 0.2) is 6.07 Å². The lowest BCUT2D eigenvalue weighted by molar-refractivity contribution is 0.00210. The molecule has 2 saturated heterocycles. The summed E-state index contributed by atoms with van der Waals surface area (Å²) in [5.74, 6) is 0.0914. The summed E-state index contributed by atoms with van der Waals surface area (Å²) in [4.78, 5) is 17.5. The van der Waals surface area contributed by atoms with Crippen molar-refractivity contribution < 1.29 is 9.53 Å². The molecule has 2 rings (SSSR count). The summed E-state index contributed by atoms with van der Waals surface area (Å²) in [6.45, 7) is 12.7. The van der Waals surface area contributed by atoms with Crippen LogP contribution in [-0.4, -0.2) is 34.7 Å². The summed E-state index contributed by atoms with van der Waals surface area (Å²) >= 11 is 0. The molecule has 5 nitrogen and oxygen atoms in total. The highest BCUT2D eigenvalue weighted by atomic mass is 16.6. The van der Waals surface area contributed by atoms with Gasteiger partial charge in [0.2, 0.25) is 0 Å². The third-order valence-electron chi connectivity index (χ3n) is 4.09. The van der Waals surface area contributed by atoms with Crippen LogP contribution in [0.5, 0.6) is 0 Å². The molecule has 2 heterocycles. The topological polar surface area (TPSA) is 57.7 Å². The third-order valence-corrected chi connectivity index (χ3v) is 4.09. The molecule has 0 aromatic rings. The molecular weight excluding hydrogens is 254 g/mol. The molecule has 0 aliphatic carbocycles. The van der Waals surface area contributed by atoms with E-state index >= 15 is 0 Å². The zero-order valence-corrected chi connectivity index (χ0v) is 12.3. The molecular formula is C15H21N3O2. The largest absolute Gasteiger partial charge is 0.444 e. The number of nitrogens with zero attached hydrogens (tertiary/aromatic N) is 3. The van der Waals surface area contributed by atoms with E-state index in [1.807, 2.05) is 25.7 Å². The molecule has 0 aromatic heterocycles. The fourth-order valence-electron chi connectivity index (χ4n) is 3.33. The predicted molar refractivity (Wildman–Crippen MR) is 73.6 cm³/mol. The van der Waals surface area contributed by atoms with Gasteiger partial charge in [0, 0.05) is 12.1 Å². The lowest BCUT2D eigenvalue weighted by atomic mass is 9.86. The van der Waals surface area contributed by atoms with Crippen molar-refractivity contribution in [2.75, 3.05) is 0 Å². The van der Waals surface area contributed by atoms with Gasteiger partial charge < -0.3 is 9.64 Å². The first-order chi connectivity index (χ1) is 9.35. The van der Waals surface area contributed by atoms with E-state index in [-0.39, 0.29) is 24.1 Å². The Morgan fingerprint density at radius 2 is 1.95 bits per heavy atom. The van der Waals surface area contributed by atoms with Gasteiger partial charge in [-0.15, -0.1) is 0 Å². The van der Waals surface area contributed by atoms with Gasteiger partial charge in [-0.2, -0.15) is 5.26 Å². The number of hydrogen-bond donors (Lipinski definition) is 0. The molecule has 5 heteroatoms. The maximum absolute atomic E-state index is 12.3. The molecule has 0 radical (unpaired) electrons. The molecule has 2 aliphatic rings. The van der Waals surface area contributed by atoms with Crippen LogP contribution in [0.15, 0.2) is 0 Å². The molecule has 0 spiro atoms. The monoisotopic (exact) mass is 275 g/mol. The summed E-state index contributed by atoms with van der Waals surface area (Å²) in [7, 11) is 0. The summed E-state index contributed by atoms with van der Waals surface area (Å²) in [6.07, 6.45) is 3.15. The second-order valence-corrected chi connectivity index (χ2v) is 6.71. The van der Waals surface area contributed by atoms with Crippen molar-refractivity contribution in [3.8, 4) is 6.07 Å². The van der Waals surface area contributed by atoms with E-state index in [0.717, 1.165) is 25.7 Å². The number of rotatable bonds is 1. The summed E-state index contributed by atoms with van der Waals surface area (Å²) in [5.41, 5.74) is -0.487. The Labute approximate surface area is 120 Å². The van der Waals surface area contributed by atoms with Gasteiger partial charge >= 0.3 is 12.1 Å². The summed E-state index contributed by atoms with van der Waals surface area (Å²) in [5, 5.41) is 9.03. The second-order valence-electron chi connectivity index (χ2n) is 6.71. The van der Waals surface area contributed by atoms with E-state index in [4.69, 9.17) is 16.6 Å². The van der Waals surface area contributed by atoms with Gasteiger partial charge in [-0.3, -0.25) is 4.85 Å². The van der Waals surface area contributed by atoms with E-state index in [1.54, 1.807) is 0 Å².